The van der Waals surface area contributed by atoms with E-state index < -0.39 is 0 Å². The Morgan fingerprint density at radius 1 is 1.41 bits per heavy atom. The molecule has 0 saturated carbocycles. The van der Waals surface area contributed by atoms with Gasteiger partial charge in [-0.2, -0.15) is 0 Å². The van der Waals surface area contributed by atoms with Crippen LogP contribution in [0.5, 0.6) is 0 Å². The van der Waals surface area contributed by atoms with Crippen LogP contribution >= 0.6 is 27.3 Å². The lowest BCUT2D eigenvalue weighted by Crippen LogP contribution is -2.41. The van der Waals surface area contributed by atoms with Gasteiger partial charge in [0.1, 0.15) is 12.1 Å². The summed E-state index contributed by atoms with van der Waals surface area (Å²) in [5.74, 6) is 1.12. The highest BCUT2D eigenvalue weighted by atomic mass is 79.9. The molecule has 17 heavy (non-hydrogen) atoms. The van der Waals surface area contributed by atoms with Crippen LogP contribution in [0, 0.1) is 0 Å². The summed E-state index contributed by atoms with van der Waals surface area (Å²) in [6.07, 6.45) is 5.53. The molecule has 2 aromatic heterocycles. The second kappa shape index (κ2) is 4.90. The fourth-order valence-corrected chi connectivity index (χ4v) is 3.94. The van der Waals surface area contributed by atoms with E-state index in [2.05, 4.69) is 42.2 Å². The molecule has 3 nitrogen and oxygen atoms in total. The number of anilines is 1. The van der Waals surface area contributed by atoms with Gasteiger partial charge in [-0.3, -0.25) is 0 Å². The van der Waals surface area contributed by atoms with Gasteiger partial charge in [-0.05, 0) is 30.7 Å². The van der Waals surface area contributed by atoms with E-state index >= 15 is 0 Å². The number of hydrogen-bond acceptors (Lipinski definition) is 4. The van der Waals surface area contributed by atoms with Crippen molar-refractivity contribution in [2.75, 3.05) is 16.8 Å². The van der Waals surface area contributed by atoms with Gasteiger partial charge in [0.05, 0.1) is 10.2 Å². The van der Waals surface area contributed by atoms with Gasteiger partial charge in [-0.25, -0.2) is 9.97 Å². The second-order valence-electron chi connectivity index (χ2n) is 4.33. The number of alkyl halides is 1. The van der Waals surface area contributed by atoms with Gasteiger partial charge in [0.15, 0.2) is 0 Å². The first kappa shape index (κ1) is 11.4. The lowest BCUT2D eigenvalue weighted by Gasteiger charge is -2.35. The summed E-state index contributed by atoms with van der Waals surface area (Å²) >= 11 is 5.36. The zero-order valence-electron chi connectivity index (χ0n) is 9.47. The van der Waals surface area contributed by atoms with E-state index in [1.165, 1.54) is 24.0 Å². The smallest absolute Gasteiger partial charge is 0.150 e. The SMILES string of the molecule is BrCC1CCCCN1c1ncnc2ccsc12. The van der Waals surface area contributed by atoms with Crippen molar-refractivity contribution in [1.82, 2.24) is 9.97 Å². The average molecular weight is 312 g/mol. The standard InChI is InChI=1S/C12H14BrN3S/c13-7-9-3-1-2-5-16(9)12-11-10(4-6-17-11)14-8-15-12/h4,6,8-9H,1-3,5,7H2. The van der Waals surface area contributed by atoms with Gasteiger partial charge in [0, 0.05) is 17.9 Å². The van der Waals surface area contributed by atoms with Crippen LogP contribution in [0.2, 0.25) is 0 Å². The molecule has 1 atom stereocenters. The Bertz CT molecular complexity index is 513. The Morgan fingerprint density at radius 2 is 2.35 bits per heavy atom. The minimum absolute atomic E-state index is 0.573. The average Bonchev–Trinajstić information content (AvgIpc) is 2.86. The molecule has 1 fully saturated rings. The van der Waals surface area contributed by atoms with Crippen LogP contribution in [0.15, 0.2) is 17.8 Å². The zero-order valence-corrected chi connectivity index (χ0v) is 11.9. The van der Waals surface area contributed by atoms with E-state index in [9.17, 15) is 0 Å². The van der Waals surface area contributed by atoms with E-state index in [0.29, 0.717) is 6.04 Å². The molecule has 90 valence electrons. The summed E-state index contributed by atoms with van der Waals surface area (Å²) in [5.41, 5.74) is 1.07. The first-order valence-corrected chi connectivity index (χ1v) is 7.91. The molecule has 1 aliphatic heterocycles. The quantitative estimate of drug-likeness (QED) is 0.795. The first-order chi connectivity index (χ1) is 8.40. The molecule has 0 amide bonds. The number of hydrogen-bond donors (Lipinski definition) is 0. The molecular formula is C12H14BrN3S. The molecule has 0 aliphatic carbocycles. The number of nitrogens with zero attached hydrogens (tertiary/aromatic N) is 3. The molecule has 2 aromatic rings. The minimum Gasteiger partial charge on any atom is -0.352 e. The van der Waals surface area contributed by atoms with E-state index in [-0.39, 0.29) is 0 Å². The van der Waals surface area contributed by atoms with Gasteiger partial charge in [-0.1, -0.05) is 15.9 Å². The molecule has 0 radical (unpaired) electrons. The maximum Gasteiger partial charge on any atom is 0.150 e. The highest BCUT2D eigenvalue weighted by Gasteiger charge is 2.24. The monoisotopic (exact) mass is 311 g/mol. The van der Waals surface area contributed by atoms with Crippen molar-refractivity contribution in [2.45, 2.75) is 25.3 Å². The lowest BCUT2D eigenvalue weighted by atomic mass is 10.0. The summed E-state index contributed by atoms with van der Waals surface area (Å²) < 4.78 is 1.22. The number of halogens is 1. The highest BCUT2D eigenvalue weighted by Crippen LogP contribution is 2.32. The molecule has 1 unspecified atom stereocenters. The Kier molecular flexibility index (Phi) is 3.29. The lowest BCUT2D eigenvalue weighted by molar-refractivity contribution is 0.489. The molecule has 0 aromatic carbocycles. The molecule has 3 rings (SSSR count). The third-order valence-corrected chi connectivity index (χ3v) is 4.95. The van der Waals surface area contributed by atoms with Gasteiger partial charge in [0.2, 0.25) is 0 Å². The Balaban J connectivity index is 2.04. The van der Waals surface area contributed by atoms with Gasteiger partial charge in [-0.15, -0.1) is 11.3 Å². The van der Waals surface area contributed by atoms with Crippen molar-refractivity contribution in [1.29, 1.82) is 0 Å². The summed E-state index contributed by atoms with van der Waals surface area (Å²) in [4.78, 5) is 11.3. The third-order valence-electron chi connectivity index (χ3n) is 3.30. The summed E-state index contributed by atoms with van der Waals surface area (Å²) in [5, 5.41) is 3.11. The predicted octanol–water partition coefficient (Wildman–Crippen LogP) is 3.45. The summed E-state index contributed by atoms with van der Waals surface area (Å²) in [6, 6.07) is 2.64. The predicted molar refractivity (Wildman–Crippen MR) is 76.2 cm³/mol. The van der Waals surface area contributed by atoms with Crippen LogP contribution in [-0.4, -0.2) is 27.9 Å². The molecule has 5 heteroatoms. The Morgan fingerprint density at radius 3 is 3.24 bits per heavy atom. The molecule has 0 N–H and O–H groups in total. The van der Waals surface area contributed by atoms with Crippen LogP contribution < -0.4 is 4.90 Å². The number of rotatable bonds is 2. The maximum absolute atomic E-state index is 4.51. The van der Waals surface area contributed by atoms with Crippen molar-refractivity contribution in [3.63, 3.8) is 0 Å². The molecule has 1 saturated heterocycles. The highest BCUT2D eigenvalue weighted by molar-refractivity contribution is 9.09. The van der Waals surface area contributed by atoms with Crippen molar-refractivity contribution in [3.05, 3.63) is 17.8 Å². The fourth-order valence-electron chi connectivity index (χ4n) is 2.42. The maximum atomic E-state index is 4.51. The van der Waals surface area contributed by atoms with Crippen LogP contribution in [0.1, 0.15) is 19.3 Å². The number of fused-ring (bicyclic) bond motifs is 1. The minimum atomic E-state index is 0.573. The van der Waals surface area contributed by atoms with Crippen LogP contribution in [0.3, 0.4) is 0 Å². The Labute approximate surface area is 113 Å². The van der Waals surface area contributed by atoms with E-state index in [0.717, 1.165) is 23.2 Å². The molecular weight excluding hydrogens is 298 g/mol. The number of aromatic nitrogens is 2. The summed E-state index contributed by atoms with van der Waals surface area (Å²) in [6.45, 7) is 1.11. The van der Waals surface area contributed by atoms with E-state index in [1.54, 1.807) is 17.7 Å². The molecule has 0 spiro atoms. The van der Waals surface area contributed by atoms with E-state index in [4.69, 9.17) is 0 Å². The largest absolute Gasteiger partial charge is 0.352 e. The van der Waals surface area contributed by atoms with Crippen molar-refractivity contribution < 1.29 is 0 Å². The van der Waals surface area contributed by atoms with Gasteiger partial charge in [0.25, 0.3) is 0 Å². The van der Waals surface area contributed by atoms with Gasteiger partial charge >= 0.3 is 0 Å². The van der Waals surface area contributed by atoms with Crippen molar-refractivity contribution in [3.8, 4) is 0 Å². The topological polar surface area (TPSA) is 29.0 Å². The number of piperidine rings is 1. The normalized spacial score (nSPS) is 21.0. The van der Waals surface area contributed by atoms with Crippen LogP contribution in [0.25, 0.3) is 10.2 Å². The number of thiophene rings is 1. The van der Waals surface area contributed by atoms with Crippen molar-refractivity contribution in [2.24, 2.45) is 0 Å². The summed E-state index contributed by atoms with van der Waals surface area (Å²) in [7, 11) is 0. The Hall–Kier alpha value is -0.680. The third kappa shape index (κ3) is 2.06. The molecule has 1 aliphatic rings. The molecule has 3 heterocycles. The zero-order chi connectivity index (χ0) is 11.7. The van der Waals surface area contributed by atoms with Crippen molar-refractivity contribution >= 4 is 43.3 Å². The van der Waals surface area contributed by atoms with Gasteiger partial charge < -0.3 is 4.90 Å². The first-order valence-electron chi connectivity index (χ1n) is 5.91. The van der Waals surface area contributed by atoms with Crippen LogP contribution in [0.4, 0.5) is 5.82 Å². The van der Waals surface area contributed by atoms with E-state index in [1.807, 2.05) is 0 Å². The van der Waals surface area contributed by atoms with Crippen LogP contribution in [-0.2, 0) is 0 Å². The fraction of sp³-hybridized carbons (Fsp3) is 0.500. The molecule has 0 bridgehead atoms. The second-order valence-corrected chi connectivity index (χ2v) is 5.89.